The van der Waals surface area contributed by atoms with E-state index in [1.54, 1.807) is 24.3 Å². The van der Waals surface area contributed by atoms with Crippen molar-refractivity contribution in [3.8, 4) is 11.5 Å². The summed E-state index contributed by atoms with van der Waals surface area (Å²) in [6, 6.07) is 12.2. The average molecular weight is 398 g/mol. The van der Waals surface area contributed by atoms with Gasteiger partial charge in [-0.15, -0.1) is 0 Å². The van der Waals surface area contributed by atoms with E-state index in [2.05, 4.69) is 30.6 Å². The van der Waals surface area contributed by atoms with Gasteiger partial charge in [-0.05, 0) is 51.1 Å². The molecule has 0 spiro atoms. The van der Waals surface area contributed by atoms with Gasteiger partial charge in [-0.3, -0.25) is 0 Å². The number of hydrogen-bond acceptors (Lipinski definition) is 8. The van der Waals surface area contributed by atoms with Gasteiger partial charge < -0.3 is 10.6 Å². The summed E-state index contributed by atoms with van der Waals surface area (Å²) in [4.78, 5) is 18.0. The van der Waals surface area contributed by atoms with Gasteiger partial charge in [0, 0.05) is 23.7 Å². The SMILES string of the molecule is Cc1cccc(-c2nc(Nc3cccc(S(C)(=O)=O)c3)nc(NC(C)C)n2)n1. The predicted octanol–water partition coefficient (Wildman–Crippen LogP) is 3.21. The van der Waals surface area contributed by atoms with Crippen LogP contribution < -0.4 is 10.6 Å². The summed E-state index contributed by atoms with van der Waals surface area (Å²) in [6.45, 7) is 5.86. The maximum atomic E-state index is 11.8. The van der Waals surface area contributed by atoms with E-state index >= 15 is 0 Å². The molecule has 0 atom stereocenters. The van der Waals surface area contributed by atoms with Gasteiger partial charge in [0.1, 0.15) is 5.69 Å². The van der Waals surface area contributed by atoms with Crippen LogP contribution in [-0.4, -0.2) is 40.7 Å². The van der Waals surface area contributed by atoms with E-state index in [-0.39, 0.29) is 10.9 Å². The standard InChI is InChI=1S/C19H22N6O2S/c1-12(2)20-18-23-17(16-10-5-7-13(3)21-16)24-19(25-18)22-14-8-6-9-15(11-14)28(4,26)27/h5-12H,1-4H3,(H2,20,22,23,24,25). The monoisotopic (exact) mass is 398 g/mol. The summed E-state index contributed by atoms with van der Waals surface area (Å²) in [6.07, 6.45) is 1.17. The second-order valence-corrected chi connectivity index (χ2v) is 8.71. The van der Waals surface area contributed by atoms with Gasteiger partial charge in [0.25, 0.3) is 0 Å². The lowest BCUT2D eigenvalue weighted by molar-refractivity contribution is 0.602. The molecule has 2 N–H and O–H groups in total. The Bertz CT molecular complexity index is 1100. The maximum absolute atomic E-state index is 11.8. The maximum Gasteiger partial charge on any atom is 0.232 e. The molecule has 3 rings (SSSR count). The van der Waals surface area contributed by atoms with Crippen LogP contribution in [0, 0.1) is 6.92 Å². The summed E-state index contributed by atoms with van der Waals surface area (Å²) in [7, 11) is -3.31. The van der Waals surface area contributed by atoms with E-state index in [4.69, 9.17) is 0 Å². The molecule has 0 amide bonds. The minimum atomic E-state index is -3.31. The molecule has 0 aliphatic rings. The van der Waals surface area contributed by atoms with Gasteiger partial charge in [-0.2, -0.15) is 15.0 Å². The molecule has 0 radical (unpaired) electrons. The number of aryl methyl sites for hydroxylation is 1. The molecule has 0 aliphatic carbocycles. The zero-order chi connectivity index (χ0) is 20.3. The Balaban J connectivity index is 2.01. The number of aromatic nitrogens is 4. The topological polar surface area (TPSA) is 110 Å². The molecule has 0 bridgehead atoms. The first kappa shape index (κ1) is 19.7. The molecule has 1 aromatic carbocycles. The van der Waals surface area contributed by atoms with Crippen LogP contribution in [0.5, 0.6) is 0 Å². The van der Waals surface area contributed by atoms with Crippen LogP contribution in [0.2, 0.25) is 0 Å². The highest BCUT2D eigenvalue weighted by Gasteiger charge is 2.12. The van der Waals surface area contributed by atoms with Crippen LogP contribution in [-0.2, 0) is 9.84 Å². The number of nitrogens with one attached hydrogen (secondary N) is 2. The second-order valence-electron chi connectivity index (χ2n) is 6.69. The Morgan fingerprint density at radius 2 is 1.64 bits per heavy atom. The summed E-state index contributed by atoms with van der Waals surface area (Å²) >= 11 is 0. The summed E-state index contributed by atoms with van der Waals surface area (Å²) in [5.41, 5.74) is 2.04. The fraction of sp³-hybridized carbons (Fsp3) is 0.263. The fourth-order valence-electron chi connectivity index (χ4n) is 2.47. The third-order valence-corrected chi connectivity index (χ3v) is 4.80. The van der Waals surface area contributed by atoms with Crippen molar-refractivity contribution >= 4 is 27.4 Å². The highest BCUT2D eigenvalue weighted by molar-refractivity contribution is 7.90. The van der Waals surface area contributed by atoms with Crippen LogP contribution in [0.25, 0.3) is 11.5 Å². The van der Waals surface area contributed by atoms with Crippen molar-refractivity contribution in [3.05, 3.63) is 48.2 Å². The molecule has 2 aromatic heterocycles. The summed E-state index contributed by atoms with van der Waals surface area (Å²) in [5.74, 6) is 1.12. The van der Waals surface area contributed by atoms with Crippen LogP contribution >= 0.6 is 0 Å². The minimum absolute atomic E-state index is 0.127. The highest BCUT2D eigenvalue weighted by atomic mass is 32.2. The Kier molecular flexibility index (Phi) is 5.55. The molecule has 2 heterocycles. The molecule has 0 unspecified atom stereocenters. The normalized spacial score (nSPS) is 11.5. The van der Waals surface area contributed by atoms with Crippen molar-refractivity contribution in [2.75, 3.05) is 16.9 Å². The first-order valence-corrected chi connectivity index (χ1v) is 10.6. The van der Waals surface area contributed by atoms with E-state index in [9.17, 15) is 8.42 Å². The number of sulfone groups is 1. The van der Waals surface area contributed by atoms with Gasteiger partial charge >= 0.3 is 0 Å². The number of anilines is 3. The van der Waals surface area contributed by atoms with Gasteiger partial charge in [-0.25, -0.2) is 13.4 Å². The predicted molar refractivity (Wildman–Crippen MR) is 109 cm³/mol. The Morgan fingerprint density at radius 3 is 2.32 bits per heavy atom. The van der Waals surface area contributed by atoms with E-state index in [1.807, 2.05) is 39.0 Å². The average Bonchev–Trinajstić information content (AvgIpc) is 2.60. The van der Waals surface area contributed by atoms with Crippen molar-refractivity contribution in [2.45, 2.75) is 31.7 Å². The smallest absolute Gasteiger partial charge is 0.232 e. The van der Waals surface area contributed by atoms with Crippen LogP contribution in [0.15, 0.2) is 47.4 Å². The van der Waals surface area contributed by atoms with Gasteiger partial charge in [0.2, 0.25) is 11.9 Å². The third kappa shape index (κ3) is 5.01. The molecule has 0 aliphatic heterocycles. The number of pyridine rings is 1. The molecular weight excluding hydrogens is 376 g/mol. The molecule has 0 saturated heterocycles. The van der Waals surface area contributed by atoms with Crippen molar-refractivity contribution in [3.63, 3.8) is 0 Å². The highest BCUT2D eigenvalue weighted by Crippen LogP contribution is 2.21. The van der Waals surface area contributed by atoms with E-state index < -0.39 is 9.84 Å². The minimum Gasteiger partial charge on any atom is -0.352 e. The third-order valence-electron chi connectivity index (χ3n) is 3.69. The lowest BCUT2D eigenvalue weighted by atomic mass is 10.3. The first-order chi connectivity index (χ1) is 13.2. The first-order valence-electron chi connectivity index (χ1n) is 8.74. The lowest BCUT2D eigenvalue weighted by Gasteiger charge is -2.12. The van der Waals surface area contributed by atoms with Crippen LogP contribution in [0.1, 0.15) is 19.5 Å². The van der Waals surface area contributed by atoms with Gasteiger partial charge in [-0.1, -0.05) is 12.1 Å². The zero-order valence-corrected chi connectivity index (χ0v) is 16.9. The number of hydrogen-bond donors (Lipinski definition) is 2. The lowest BCUT2D eigenvalue weighted by Crippen LogP contribution is -2.14. The van der Waals surface area contributed by atoms with Crippen LogP contribution in [0.3, 0.4) is 0 Å². The fourth-order valence-corrected chi connectivity index (χ4v) is 3.14. The van der Waals surface area contributed by atoms with Gasteiger partial charge in [0.05, 0.1) is 4.90 Å². The van der Waals surface area contributed by atoms with Crippen LogP contribution in [0.4, 0.5) is 17.6 Å². The largest absolute Gasteiger partial charge is 0.352 e. The Morgan fingerprint density at radius 1 is 0.929 bits per heavy atom. The molecule has 8 nitrogen and oxygen atoms in total. The van der Waals surface area contributed by atoms with Crippen molar-refractivity contribution < 1.29 is 8.42 Å². The molecule has 146 valence electrons. The molecular formula is C19H22N6O2S. The molecule has 0 fully saturated rings. The van der Waals surface area contributed by atoms with Crippen molar-refractivity contribution in [1.82, 2.24) is 19.9 Å². The molecule has 28 heavy (non-hydrogen) atoms. The molecule has 0 saturated carbocycles. The quantitative estimate of drug-likeness (QED) is 0.651. The Labute approximate surface area is 164 Å². The number of benzene rings is 1. The number of rotatable bonds is 6. The van der Waals surface area contributed by atoms with Gasteiger partial charge in [0.15, 0.2) is 15.7 Å². The zero-order valence-electron chi connectivity index (χ0n) is 16.1. The second kappa shape index (κ2) is 7.89. The van der Waals surface area contributed by atoms with Crippen molar-refractivity contribution in [2.24, 2.45) is 0 Å². The molecule has 9 heteroatoms. The van der Waals surface area contributed by atoms with Crippen molar-refractivity contribution in [1.29, 1.82) is 0 Å². The summed E-state index contributed by atoms with van der Waals surface area (Å²) in [5, 5.41) is 6.23. The Hall–Kier alpha value is -3.07. The van der Waals surface area contributed by atoms with E-state index in [0.29, 0.717) is 29.1 Å². The van der Waals surface area contributed by atoms with E-state index in [0.717, 1.165) is 5.69 Å². The molecule has 3 aromatic rings. The summed E-state index contributed by atoms with van der Waals surface area (Å²) < 4.78 is 23.6. The number of nitrogens with zero attached hydrogens (tertiary/aromatic N) is 4. The van der Waals surface area contributed by atoms with E-state index in [1.165, 1.54) is 6.26 Å².